The van der Waals surface area contributed by atoms with Crippen LogP contribution in [-0.4, -0.2) is 13.0 Å². The molecule has 24 heavy (non-hydrogen) atoms. The largest absolute Gasteiger partial charge is 1.00 e. The second-order valence-corrected chi connectivity index (χ2v) is 6.99. The summed E-state index contributed by atoms with van der Waals surface area (Å²) < 4.78 is 32.6. The second kappa shape index (κ2) is 7.76. The van der Waals surface area contributed by atoms with Gasteiger partial charge in [0, 0.05) is 5.69 Å². The van der Waals surface area contributed by atoms with E-state index in [2.05, 4.69) is 10.2 Å². The molecule has 0 atom stereocenters. The van der Waals surface area contributed by atoms with Gasteiger partial charge in [0.15, 0.2) is 0 Å². The molecule has 124 valence electrons. The summed E-state index contributed by atoms with van der Waals surface area (Å²) in [6, 6.07) is 6.72. The summed E-state index contributed by atoms with van der Waals surface area (Å²) in [5, 5.41) is 8.20. The predicted molar refractivity (Wildman–Crippen MR) is 91.3 cm³/mol. The van der Waals surface area contributed by atoms with E-state index in [0.717, 1.165) is 11.1 Å². The summed E-state index contributed by atoms with van der Waals surface area (Å²) in [5.41, 5.74) is 10.2. The van der Waals surface area contributed by atoms with Gasteiger partial charge in [0.1, 0.15) is 10.6 Å². The van der Waals surface area contributed by atoms with E-state index in [0.29, 0.717) is 22.5 Å². The van der Waals surface area contributed by atoms with Crippen molar-refractivity contribution in [3.8, 4) is 0 Å². The molecule has 0 saturated heterocycles. The van der Waals surface area contributed by atoms with Crippen molar-refractivity contribution in [2.75, 3.05) is 5.73 Å². The molecule has 2 rings (SSSR count). The second-order valence-electron chi connectivity index (χ2n) is 5.60. The van der Waals surface area contributed by atoms with E-state index in [9.17, 15) is 13.0 Å². The Bertz CT molecular complexity index is 915. The minimum absolute atomic E-state index is 0. The number of rotatable bonds is 3. The zero-order valence-corrected chi connectivity index (χ0v) is 17.3. The standard InChI is InChI=1S/C16H19N3O3S.Na.H/c1-9-5-12(4)16(15(6-9)23(20,21)22)19-18-14-8-10(2)13(17)7-11(14)3;;/h5-8H,17H2,1-4H3,(H,20,21,22);;/q;+1;-1. The van der Waals surface area contributed by atoms with Crippen LogP contribution in [0.15, 0.2) is 39.4 Å². The van der Waals surface area contributed by atoms with E-state index in [-0.39, 0.29) is 41.6 Å². The first kappa shape index (κ1) is 20.8. The number of nitrogens with zero attached hydrogens (tertiary/aromatic N) is 2. The molecule has 0 aliphatic carbocycles. The maximum atomic E-state index is 11.6. The number of nitrogens with two attached hydrogens (primary N) is 1. The van der Waals surface area contributed by atoms with E-state index in [1.807, 2.05) is 13.8 Å². The van der Waals surface area contributed by atoms with E-state index < -0.39 is 10.1 Å². The van der Waals surface area contributed by atoms with Crippen LogP contribution in [0.25, 0.3) is 0 Å². The van der Waals surface area contributed by atoms with Crippen molar-refractivity contribution >= 4 is 27.2 Å². The van der Waals surface area contributed by atoms with E-state index in [1.54, 1.807) is 32.0 Å². The van der Waals surface area contributed by atoms with Gasteiger partial charge in [-0.05, 0) is 68.1 Å². The number of hydrogen-bond acceptors (Lipinski definition) is 5. The number of benzene rings is 2. The van der Waals surface area contributed by atoms with E-state index in [4.69, 9.17) is 5.73 Å². The van der Waals surface area contributed by atoms with Crippen LogP contribution in [0.5, 0.6) is 0 Å². The normalized spacial score (nSPS) is 11.5. The first-order valence-electron chi connectivity index (χ1n) is 6.97. The van der Waals surface area contributed by atoms with Crippen molar-refractivity contribution in [2.45, 2.75) is 32.6 Å². The average Bonchev–Trinajstić information content (AvgIpc) is 2.41. The molecule has 0 heterocycles. The zero-order valence-electron chi connectivity index (χ0n) is 15.5. The van der Waals surface area contributed by atoms with Gasteiger partial charge in [0.05, 0.1) is 5.69 Å². The van der Waals surface area contributed by atoms with Gasteiger partial charge in [-0.3, -0.25) is 4.55 Å². The maximum absolute atomic E-state index is 11.6. The Hall–Kier alpha value is -1.25. The summed E-state index contributed by atoms with van der Waals surface area (Å²) in [6.45, 7) is 7.16. The SMILES string of the molecule is Cc1cc(C)c(N=Nc2cc(C)c(N)cc2C)c(S(=O)(=O)O)c1.[H-].[Na+]. The van der Waals surface area contributed by atoms with Crippen LogP contribution in [0, 0.1) is 27.7 Å². The number of anilines is 1. The van der Waals surface area contributed by atoms with Crippen LogP contribution in [0.1, 0.15) is 23.7 Å². The Morgan fingerprint density at radius 2 is 1.58 bits per heavy atom. The summed E-state index contributed by atoms with van der Waals surface area (Å²) in [6.07, 6.45) is 0. The van der Waals surface area contributed by atoms with Gasteiger partial charge in [0.25, 0.3) is 10.1 Å². The molecular weight excluding hydrogens is 337 g/mol. The summed E-state index contributed by atoms with van der Waals surface area (Å²) in [5.74, 6) is 0. The summed E-state index contributed by atoms with van der Waals surface area (Å²) in [4.78, 5) is -0.247. The van der Waals surface area contributed by atoms with Crippen LogP contribution in [0.3, 0.4) is 0 Å². The number of aryl methyl sites for hydroxylation is 4. The fraction of sp³-hybridized carbons (Fsp3) is 0.250. The quantitative estimate of drug-likeness (QED) is 0.374. The monoisotopic (exact) mass is 357 g/mol. The molecule has 0 saturated carbocycles. The molecule has 0 aromatic heterocycles. The summed E-state index contributed by atoms with van der Waals surface area (Å²) in [7, 11) is -4.38. The van der Waals surface area contributed by atoms with Gasteiger partial charge >= 0.3 is 29.6 Å². The Morgan fingerprint density at radius 1 is 0.958 bits per heavy atom. The Morgan fingerprint density at radius 3 is 2.17 bits per heavy atom. The fourth-order valence-electron chi connectivity index (χ4n) is 2.28. The molecule has 0 aliphatic rings. The van der Waals surface area contributed by atoms with Gasteiger partial charge in [-0.15, -0.1) is 5.11 Å². The van der Waals surface area contributed by atoms with Crippen molar-refractivity contribution < 1.29 is 44.0 Å². The Kier molecular flexibility index (Phi) is 6.72. The van der Waals surface area contributed by atoms with Crippen LogP contribution in [0.4, 0.5) is 17.1 Å². The van der Waals surface area contributed by atoms with Crippen LogP contribution in [-0.2, 0) is 10.1 Å². The smallest absolute Gasteiger partial charge is 1.00 e. The third kappa shape index (κ3) is 4.64. The Labute approximate surface area is 165 Å². The minimum Gasteiger partial charge on any atom is -1.00 e. The van der Waals surface area contributed by atoms with E-state index in [1.165, 1.54) is 6.07 Å². The first-order valence-corrected chi connectivity index (χ1v) is 8.41. The third-order valence-corrected chi connectivity index (χ3v) is 4.40. The number of nitrogen functional groups attached to an aromatic ring is 1. The molecule has 0 bridgehead atoms. The van der Waals surface area contributed by atoms with Crippen molar-refractivity contribution in [1.29, 1.82) is 0 Å². The molecule has 0 spiro atoms. The van der Waals surface area contributed by atoms with Gasteiger partial charge in [0.2, 0.25) is 0 Å². The molecule has 8 heteroatoms. The molecule has 2 aromatic rings. The zero-order chi connectivity index (χ0) is 17.4. The summed E-state index contributed by atoms with van der Waals surface area (Å²) >= 11 is 0. The van der Waals surface area contributed by atoms with Crippen molar-refractivity contribution in [1.82, 2.24) is 0 Å². The van der Waals surface area contributed by atoms with Crippen molar-refractivity contribution in [3.63, 3.8) is 0 Å². The number of hydrogen-bond donors (Lipinski definition) is 2. The van der Waals surface area contributed by atoms with Crippen LogP contribution in [0.2, 0.25) is 0 Å². The van der Waals surface area contributed by atoms with Gasteiger partial charge in [-0.1, -0.05) is 6.07 Å². The molecule has 6 nitrogen and oxygen atoms in total. The van der Waals surface area contributed by atoms with Crippen LogP contribution < -0.4 is 35.3 Å². The molecule has 0 fully saturated rings. The fourth-order valence-corrected chi connectivity index (χ4v) is 3.06. The van der Waals surface area contributed by atoms with Crippen molar-refractivity contribution in [3.05, 3.63) is 46.5 Å². The van der Waals surface area contributed by atoms with Gasteiger partial charge < -0.3 is 7.16 Å². The first-order chi connectivity index (χ1) is 10.6. The van der Waals surface area contributed by atoms with Crippen molar-refractivity contribution in [2.24, 2.45) is 10.2 Å². The number of azo groups is 1. The van der Waals surface area contributed by atoms with E-state index >= 15 is 0 Å². The molecule has 3 N–H and O–H groups in total. The third-order valence-electron chi connectivity index (χ3n) is 3.53. The minimum atomic E-state index is -4.38. The molecule has 0 radical (unpaired) electrons. The predicted octanol–water partition coefficient (Wildman–Crippen LogP) is 1.28. The molecule has 2 aromatic carbocycles. The molecule has 0 amide bonds. The average molecular weight is 357 g/mol. The molecular formula is C16H20N3NaO3S. The molecule has 0 unspecified atom stereocenters. The topological polar surface area (TPSA) is 105 Å². The Balaban J connectivity index is 0.00000288. The van der Waals surface area contributed by atoms with Gasteiger partial charge in [-0.2, -0.15) is 13.5 Å². The van der Waals surface area contributed by atoms with Gasteiger partial charge in [-0.25, -0.2) is 0 Å². The molecule has 0 aliphatic heterocycles. The maximum Gasteiger partial charge on any atom is 1.00 e. The van der Waals surface area contributed by atoms with Crippen LogP contribution >= 0.6 is 0 Å².